The number of hydrogen-bond donors (Lipinski definition) is 2. The van der Waals surface area contributed by atoms with Gasteiger partial charge in [-0.3, -0.25) is 9.89 Å². The maximum atomic E-state index is 12.9. The standard InChI is InChI=1S/C19H16ClN3O3/c1-11-17(18(23-22-11)14-4-2-3-5-15(14)20)19(24)21-13-6-7-16-12(8-13)9-25-10-26-16/h2-8H,9-10H2,1H3,(H,21,24)(H,22,23). The normalized spacial score (nSPS) is 13.0. The Kier molecular flexibility index (Phi) is 4.36. The molecular weight excluding hydrogens is 354 g/mol. The van der Waals surface area contributed by atoms with Crippen molar-refractivity contribution in [3.63, 3.8) is 0 Å². The number of H-pyrrole nitrogens is 1. The van der Waals surface area contributed by atoms with Gasteiger partial charge in [0.05, 0.1) is 23.6 Å². The molecule has 1 amide bonds. The minimum atomic E-state index is -0.260. The summed E-state index contributed by atoms with van der Waals surface area (Å²) in [6.07, 6.45) is 0. The van der Waals surface area contributed by atoms with Gasteiger partial charge in [-0.15, -0.1) is 0 Å². The van der Waals surface area contributed by atoms with Crippen LogP contribution in [0, 0.1) is 6.92 Å². The Labute approximate surface area is 155 Å². The molecule has 2 aromatic carbocycles. The molecule has 26 heavy (non-hydrogen) atoms. The highest BCUT2D eigenvalue weighted by Gasteiger charge is 2.21. The average Bonchev–Trinajstić information content (AvgIpc) is 3.03. The highest BCUT2D eigenvalue weighted by molar-refractivity contribution is 6.33. The Balaban J connectivity index is 1.65. The predicted molar refractivity (Wildman–Crippen MR) is 98.4 cm³/mol. The van der Waals surface area contributed by atoms with E-state index in [2.05, 4.69) is 15.5 Å². The summed E-state index contributed by atoms with van der Waals surface area (Å²) < 4.78 is 10.7. The third-order valence-corrected chi connectivity index (χ3v) is 4.52. The van der Waals surface area contributed by atoms with Gasteiger partial charge < -0.3 is 14.8 Å². The van der Waals surface area contributed by atoms with Crippen molar-refractivity contribution in [3.05, 3.63) is 64.3 Å². The molecule has 3 aromatic rings. The first-order chi connectivity index (χ1) is 12.6. The number of fused-ring (bicyclic) bond motifs is 1. The predicted octanol–water partition coefficient (Wildman–Crippen LogP) is 4.16. The van der Waals surface area contributed by atoms with Crippen molar-refractivity contribution in [2.75, 3.05) is 12.1 Å². The molecule has 0 saturated carbocycles. The number of aryl methyl sites for hydroxylation is 1. The molecule has 2 N–H and O–H groups in total. The molecule has 0 saturated heterocycles. The second-order valence-electron chi connectivity index (χ2n) is 5.93. The smallest absolute Gasteiger partial charge is 0.259 e. The summed E-state index contributed by atoms with van der Waals surface area (Å²) in [4.78, 5) is 12.9. The van der Waals surface area contributed by atoms with Gasteiger partial charge in [-0.2, -0.15) is 5.10 Å². The molecule has 0 unspecified atom stereocenters. The molecule has 1 aliphatic heterocycles. The van der Waals surface area contributed by atoms with E-state index in [9.17, 15) is 4.79 Å². The molecule has 132 valence electrons. The first kappa shape index (κ1) is 16.6. The Morgan fingerprint density at radius 3 is 2.96 bits per heavy atom. The Morgan fingerprint density at radius 2 is 2.12 bits per heavy atom. The van der Waals surface area contributed by atoms with E-state index in [-0.39, 0.29) is 12.7 Å². The Morgan fingerprint density at radius 1 is 1.27 bits per heavy atom. The van der Waals surface area contributed by atoms with Gasteiger partial charge in [-0.25, -0.2) is 0 Å². The van der Waals surface area contributed by atoms with Crippen LogP contribution in [0.15, 0.2) is 42.5 Å². The van der Waals surface area contributed by atoms with E-state index in [4.69, 9.17) is 21.1 Å². The maximum absolute atomic E-state index is 12.9. The number of rotatable bonds is 3. The molecule has 0 spiro atoms. The molecule has 0 aliphatic carbocycles. The lowest BCUT2D eigenvalue weighted by molar-refractivity contribution is -0.0163. The summed E-state index contributed by atoms with van der Waals surface area (Å²) in [6.45, 7) is 2.48. The van der Waals surface area contributed by atoms with E-state index >= 15 is 0 Å². The van der Waals surface area contributed by atoms with Gasteiger partial charge in [-0.05, 0) is 31.2 Å². The van der Waals surface area contributed by atoms with Crippen LogP contribution in [-0.2, 0) is 11.3 Å². The van der Waals surface area contributed by atoms with E-state index in [0.29, 0.717) is 34.3 Å². The van der Waals surface area contributed by atoms with Gasteiger partial charge in [0.1, 0.15) is 5.75 Å². The van der Waals surface area contributed by atoms with Crippen LogP contribution in [-0.4, -0.2) is 22.9 Å². The largest absolute Gasteiger partial charge is 0.467 e. The highest BCUT2D eigenvalue weighted by atomic mass is 35.5. The second kappa shape index (κ2) is 6.82. The molecule has 4 rings (SSSR count). The van der Waals surface area contributed by atoms with Crippen LogP contribution >= 0.6 is 11.6 Å². The minimum absolute atomic E-state index is 0.244. The van der Waals surface area contributed by atoms with Crippen molar-refractivity contribution >= 4 is 23.2 Å². The lowest BCUT2D eigenvalue weighted by atomic mass is 10.1. The first-order valence-corrected chi connectivity index (χ1v) is 8.46. The summed E-state index contributed by atoms with van der Waals surface area (Å²) in [7, 11) is 0. The van der Waals surface area contributed by atoms with Crippen LogP contribution in [0.3, 0.4) is 0 Å². The molecule has 2 heterocycles. The van der Waals surface area contributed by atoms with Crippen LogP contribution < -0.4 is 10.1 Å². The molecular formula is C19H16ClN3O3. The fraction of sp³-hybridized carbons (Fsp3) is 0.158. The van der Waals surface area contributed by atoms with Crippen LogP contribution in [0.1, 0.15) is 21.6 Å². The number of halogens is 1. The van der Waals surface area contributed by atoms with Crippen molar-refractivity contribution in [2.45, 2.75) is 13.5 Å². The topological polar surface area (TPSA) is 76.2 Å². The van der Waals surface area contributed by atoms with Gasteiger partial charge in [0.15, 0.2) is 6.79 Å². The molecule has 6 nitrogen and oxygen atoms in total. The molecule has 7 heteroatoms. The summed E-state index contributed by atoms with van der Waals surface area (Å²) >= 11 is 6.28. The zero-order chi connectivity index (χ0) is 18.1. The van der Waals surface area contributed by atoms with Crippen molar-refractivity contribution in [1.82, 2.24) is 10.2 Å². The summed E-state index contributed by atoms with van der Waals surface area (Å²) in [5.74, 6) is 0.509. The number of nitrogens with one attached hydrogen (secondary N) is 2. The van der Waals surface area contributed by atoms with Crippen molar-refractivity contribution in [3.8, 4) is 17.0 Å². The molecule has 0 atom stereocenters. The van der Waals surface area contributed by atoms with Crippen LogP contribution in [0.25, 0.3) is 11.3 Å². The lowest BCUT2D eigenvalue weighted by Gasteiger charge is -2.18. The van der Waals surface area contributed by atoms with Crippen molar-refractivity contribution < 1.29 is 14.3 Å². The van der Waals surface area contributed by atoms with Gasteiger partial charge in [0.2, 0.25) is 0 Å². The Bertz CT molecular complexity index is 984. The fourth-order valence-electron chi connectivity index (χ4n) is 2.93. The second-order valence-corrected chi connectivity index (χ2v) is 6.33. The first-order valence-electron chi connectivity index (χ1n) is 8.08. The van der Waals surface area contributed by atoms with Gasteiger partial charge in [0.25, 0.3) is 5.91 Å². The molecule has 0 radical (unpaired) electrons. The summed E-state index contributed by atoms with van der Waals surface area (Å²) in [5, 5.41) is 10.6. The van der Waals surface area contributed by atoms with E-state index in [1.807, 2.05) is 30.3 Å². The number of ether oxygens (including phenoxy) is 2. The van der Waals surface area contributed by atoms with E-state index < -0.39 is 0 Å². The third-order valence-electron chi connectivity index (χ3n) is 4.19. The number of nitrogens with zero attached hydrogens (tertiary/aromatic N) is 1. The minimum Gasteiger partial charge on any atom is -0.467 e. The number of carbonyl (C=O) groups is 1. The summed E-state index contributed by atoms with van der Waals surface area (Å²) in [6, 6.07) is 12.8. The number of anilines is 1. The number of aromatic nitrogens is 2. The monoisotopic (exact) mass is 369 g/mol. The van der Waals surface area contributed by atoms with Gasteiger partial charge >= 0.3 is 0 Å². The third kappa shape index (κ3) is 3.05. The van der Waals surface area contributed by atoms with Crippen LogP contribution in [0.4, 0.5) is 5.69 Å². The fourth-order valence-corrected chi connectivity index (χ4v) is 3.16. The number of hydrogen-bond acceptors (Lipinski definition) is 4. The quantitative estimate of drug-likeness (QED) is 0.726. The SMILES string of the molecule is Cc1n[nH]c(-c2ccccc2Cl)c1C(=O)Nc1ccc2c(c1)COCO2. The number of benzene rings is 2. The molecule has 0 bridgehead atoms. The van der Waals surface area contributed by atoms with E-state index in [0.717, 1.165) is 16.9 Å². The lowest BCUT2D eigenvalue weighted by Crippen LogP contribution is -2.15. The highest BCUT2D eigenvalue weighted by Crippen LogP contribution is 2.31. The van der Waals surface area contributed by atoms with Gasteiger partial charge in [-0.1, -0.05) is 29.8 Å². The van der Waals surface area contributed by atoms with Crippen molar-refractivity contribution in [1.29, 1.82) is 0 Å². The van der Waals surface area contributed by atoms with Crippen molar-refractivity contribution in [2.24, 2.45) is 0 Å². The van der Waals surface area contributed by atoms with E-state index in [1.165, 1.54) is 0 Å². The van der Waals surface area contributed by atoms with Gasteiger partial charge in [0, 0.05) is 21.8 Å². The number of amides is 1. The summed E-state index contributed by atoms with van der Waals surface area (Å²) in [5.41, 5.74) is 3.94. The number of carbonyl (C=O) groups excluding carboxylic acids is 1. The Hall–Kier alpha value is -2.83. The molecule has 0 fully saturated rings. The average molecular weight is 370 g/mol. The van der Waals surface area contributed by atoms with E-state index in [1.54, 1.807) is 19.1 Å². The zero-order valence-electron chi connectivity index (χ0n) is 14.0. The van der Waals surface area contributed by atoms with Crippen LogP contribution in [0.2, 0.25) is 5.02 Å². The molecule has 1 aromatic heterocycles. The zero-order valence-corrected chi connectivity index (χ0v) is 14.8. The number of aromatic amines is 1. The van der Waals surface area contributed by atoms with Crippen LogP contribution in [0.5, 0.6) is 5.75 Å². The molecule has 1 aliphatic rings. The maximum Gasteiger partial charge on any atom is 0.259 e.